The number of hydrogen-bond acceptors (Lipinski definition) is 4. The Morgan fingerprint density at radius 1 is 1.33 bits per heavy atom. The van der Waals surface area contributed by atoms with Crippen molar-refractivity contribution in [1.29, 1.82) is 0 Å². The summed E-state index contributed by atoms with van der Waals surface area (Å²) in [5.74, 6) is -0.598. The number of nitrogens with two attached hydrogens (primary N) is 1. The summed E-state index contributed by atoms with van der Waals surface area (Å²) in [5.41, 5.74) is 7.06. The summed E-state index contributed by atoms with van der Waals surface area (Å²) in [5, 5.41) is 5.35. The third kappa shape index (κ3) is 4.19. The van der Waals surface area contributed by atoms with Gasteiger partial charge in [0.15, 0.2) is 0 Å². The Morgan fingerprint density at radius 2 is 2.05 bits per heavy atom. The van der Waals surface area contributed by atoms with Crippen molar-refractivity contribution in [3.63, 3.8) is 0 Å². The van der Waals surface area contributed by atoms with E-state index in [9.17, 15) is 9.59 Å². The molecular weight excluding hydrogens is 268 g/mol. The van der Waals surface area contributed by atoms with Crippen molar-refractivity contribution in [1.82, 2.24) is 5.32 Å². The molecule has 6 nitrogen and oxygen atoms in total. The van der Waals surface area contributed by atoms with E-state index < -0.39 is 6.04 Å². The highest BCUT2D eigenvalue weighted by Crippen LogP contribution is 2.23. The first-order valence-electron chi connectivity index (χ1n) is 7.25. The minimum atomic E-state index is -0.614. The first-order chi connectivity index (χ1) is 10.1. The summed E-state index contributed by atoms with van der Waals surface area (Å²) < 4.78 is 0. The summed E-state index contributed by atoms with van der Waals surface area (Å²) in [6.45, 7) is 3.62. The van der Waals surface area contributed by atoms with Crippen LogP contribution in [0.4, 0.5) is 11.4 Å². The topological polar surface area (TPSA) is 87.5 Å². The molecule has 1 fully saturated rings. The summed E-state index contributed by atoms with van der Waals surface area (Å²) in [4.78, 5) is 25.5. The van der Waals surface area contributed by atoms with Crippen molar-refractivity contribution in [2.45, 2.75) is 25.8 Å². The maximum atomic E-state index is 12.0. The molecule has 1 unspecified atom stereocenters. The van der Waals surface area contributed by atoms with Gasteiger partial charge >= 0.3 is 0 Å². The molecule has 1 aromatic carbocycles. The van der Waals surface area contributed by atoms with E-state index in [-0.39, 0.29) is 18.4 Å². The van der Waals surface area contributed by atoms with Crippen LogP contribution in [0.1, 0.15) is 19.8 Å². The molecule has 0 spiro atoms. The van der Waals surface area contributed by atoms with Crippen LogP contribution in [0.25, 0.3) is 0 Å². The van der Waals surface area contributed by atoms with Crippen molar-refractivity contribution in [2.75, 3.05) is 29.9 Å². The minimum absolute atomic E-state index is 0.123. The van der Waals surface area contributed by atoms with Gasteiger partial charge in [-0.3, -0.25) is 9.59 Å². The molecule has 1 saturated heterocycles. The Hall–Kier alpha value is -2.08. The van der Waals surface area contributed by atoms with E-state index in [2.05, 4.69) is 15.5 Å². The van der Waals surface area contributed by atoms with Gasteiger partial charge in [-0.1, -0.05) is 6.07 Å². The number of rotatable bonds is 5. The van der Waals surface area contributed by atoms with Gasteiger partial charge in [0.2, 0.25) is 11.8 Å². The number of carbonyl (C=O) groups excluding carboxylic acids is 2. The zero-order chi connectivity index (χ0) is 15.2. The molecule has 6 heteroatoms. The maximum absolute atomic E-state index is 12.0. The van der Waals surface area contributed by atoms with Crippen molar-refractivity contribution < 1.29 is 9.59 Å². The molecule has 0 aromatic heterocycles. The average molecular weight is 290 g/mol. The van der Waals surface area contributed by atoms with Gasteiger partial charge in [0.1, 0.15) is 6.04 Å². The number of hydrogen-bond donors (Lipinski definition) is 3. The van der Waals surface area contributed by atoms with Crippen LogP contribution in [-0.4, -0.2) is 37.5 Å². The van der Waals surface area contributed by atoms with E-state index in [0.717, 1.165) is 24.5 Å². The molecule has 21 heavy (non-hydrogen) atoms. The van der Waals surface area contributed by atoms with Crippen molar-refractivity contribution in [3.8, 4) is 0 Å². The zero-order valence-electron chi connectivity index (χ0n) is 12.3. The predicted molar refractivity (Wildman–Crippen MR) is 83.2 cm³/mol. The number of nitrogens with zero attached hydrogens (tertiary/aromatic N) is 1. The lowest BCUT2D eigenvalue weighted by Gasteiger charge is -2.19. The fraction of sp³-hybridized carbons (Fsp3) is 0.467. The Labute approximate surface area is 124 Å². The summed E-state index contributed by atoms with van der Waals surface area (Å²) in [7, 11) is 0. The van der Waals surface area contributed by atoms with Gasteiger partial charge in [-0.2, -0.15) is 0 Å². The second-order valence-electron chi connectivity index (χ2n) is 5.23. The first-order valence-corrected chi connectivity index (χ1v) is 7.25. The minimum Gasteiger partial charge on any atom is -0.371 e. The lowest BCUT2D eigenvalue weighted by atomic mass is 10.2. The largest absolute Gasteiger partial charge is 0.371 e. The molecule has 0 saturated carbocycles. The van der Waals surface area contributed by atoms with Crippen molar-refractivity contribution >= 4 is 23.2 Å². The fourth-order valence-electron chi connectivity index (χ4n) is 2.37. The van der Waals surface area contributed by atoms with Crippen molar-refractivity contribution in [2.24, 2.45) is 5.73 Å². The van der Waals surface area contributed by atoms with Gasteiger partial charge in [0, 0.05) is 24.5 Å². The first kappa shape index (κ1) is 15.3. The molecule has 4 N–H and O–H groups in total. The molecule has 0 bridgehead atoms. The lowest BCUT2D eigenvalue weighted by molar-refractivity contribution is -0.125. The number of anilines is 2. The van der Waals surface area contributed by atoms with Gasteiger partial charge in [0.25, 0.3) is 0 Å². The smallest absolute Gasteiger partial charge is 0.246 e. The van der Waals surface area contributed by atoms with Gasteiger partial charge in [-0.15, -0.1) is 0 Å². The summed E-state index contributed by atoms with van der Waals surface area (Å²) >= 11 is 0. The van der Waals surface area contributed by atoms with Crippen LogP contribution in [0.2, 0.25) is 0 Å². The van der Waals surface area contributed by atoms with E-state index in [1.54, 1.807) is 6.92 Å². The van der Waals surface area contributed by atoms with Gasteiger partial charge < -0.3 is 21.3 Å². The Morgan fingerprint density at radius 3 is 2.71 bits per heavy atom. The van der Waals surface area contributed by atoms with Crippen LogP contribution in [0.15, 0.2) is 24.3 Å². The monoisotopic (exact) mass is 290 g/mol. The van der Waals surface area contributed by atoms with Gasteiger partial charge in [-0.25, -0.2) is 0 Å². The molecule has 2 rings (SSSR count). The average Bonchev–Trinajstić information content (AvgIpc) is 3.01. The van der Waals surface area contributed by atoms with E-state index in [1.165, 1.54) is 12.8 Å². The molecular formula is C15H22N4O2. The molecule has 114 valence electrons. The number of amides is 2. The van der Waals surface area contributed by atoms with Crippen LogP contribution in [0.5, 0.6) is 0 Å². The fourth-order valence-corrected chi connectivity index (χ4v) is 2.37. The zero-order valence-corrected chi connectivity index (χ0v) is 12.3. The molecule has 2 amide bonds. The van der Waals surface area contributed by atoms with Crippen LogP contribution in [-0.2, 0) is 9.59 Å². The molecule has 0 aliphatic carbocycles. The van der Waals surface area contributed by atoms with E-state index in [4.69, 9.17) is 5.73 Å². The number of nitrogens with one attached hydrogen (secondary N) is 2. The van der Waals surface area contributed by atoms with E-state index >= 15 is 0 Å². The third-order valence-corrected chi connectivity index (χ3v) is 3.54. The highest BCUT2D eigenvalue weighted by Gasteiger charge is 2.16. The van der Waals surface area contributed by atoms with Crippen molar-refractivity contribution in [3.05, 3.63) is 24.3 Å². The Kier molecular flexibility index (Phi) is 5.16. The highest BCUT2D eigenvalue weighted by atomic mass is 16.2. The Balaban J connectivity index is 1.97. The number of benzene rings is 1. The van der Waals surface area contributed by atoms with E-state index in [1.807, 2.05) is 24.3 Å². The lowest BCUT2D eigenvalue weighted by Crippen LogP contribution is -2.44. The van der Waals surface area contributed by atoms with Crippen LogP contribution < -0.4 is 21.3 Å². The second-order valence-corrected chi connectivity index (χ2v) is 5.23. The number of carbonyl (C=O) groups is 2. The van der Waals surface area contributed by atoms with Crippen LogP contribution >= 0.6 is 0 Å². The SMILES string of the molecule is CC(NC(=O)CN)C(=O)Nc1cccc(N2CCCC2)c1. The standard InChI is InChI=1S/C15H22N4O2/c1-11(17-14(20)10-16)15(21)18-12-5-4-6-13(9-12)19-7-2-3-8-19/h4-6,9,11H,2-3,7-8,10,16H2,1H3,(H,17,20)(H,18,21). The van der Waals surface area contributed by atoms with Gasteiger partial charge in [-0.05, 0) is 38.0 Å². The van der Waals surface area contributed by atoms with Crippen LogP contribution in [0.3, 0.4) is 0 Å². The summed E-state index contributed by atoms with van der Waals surface area (Å²) in [6.07, 6.45) is 2.41. The van der Waals surface area contributed by atoms with Gasteiger partial charge in [0.05, 0.1) is 6.54 Å². The Bertz CT molecular complexity index is 512. The third-order valence-electron chi connectivity index (χ3n) is 3.54. The highest BCUT2D eigenvalue weighted by molar-refractivity contribution is 5.97. The second kappa shape index (κ2) is 7.08. The molecule has 1 aliphatic heterocycles. The maximum Gasteiger partial charge on any atom is 0.246 e. The predicted octanol–water partition coefficient (Wildman–Crippen LogP) is 0.689. The molecule has 0 radical (unpaired) electrons. The normalized spacial score (nSPS) is 15.6. The van der Waals surface area contributed by atoms with E-state index in [0.29, 0.717) is 0 Å². The molecule has 1 atom stereocenters. The molecule has 1 heterocycles. The quantitative estimate of drug-likeness (QED) is 0.744. The summed E-state index contributed by atoms with van der Waals surface area (Å²) in [6, 6.07) is 7.15. The van der Waals surface area contributed by atoms with Crippen LogP contribution in [0, 0.1) is 0 Å². The molecule has 1 aromatic rings. The molecule has 1 aliphatic rings.